The molecule has 0 heterocycles. The van der Waals surface area contributed by atoms with E-state index in [1.165, 1.54) is 94.8 Å². The molecule has 616 valence electrons. The number of hydrogen-bond acceptors (Lipinski definition) is 12. The van der Waals surface area contributed by atoms with Gasteiger partial charge in [-0.1, -0.05) is 239 Å². The van der Waals surface area contributed by atoms with E-state index in [9.17, 15) is 13.2 Å². The summed E-state index contributed by atoms with van der Waals surface area (Å²) < 4.78 is 30.4. The average molecular weight is 1680 g/mol. The minimum Gasteiger partial charge on any atom is -0.457 e. The molecule has 111 heavy (non-hydrogen) atoms. The van der Waals surface area contributed by atoms with Crippen molar-refractivity contribution in [3.8, 4) is 11.5 Å². The number of ether oxygens (including phenoxy) is 1. The summed E-state index contributed by atoms with van der Waals surface area (Å²) in [4.78, 5) is 24.4. The summed E-state index contributed by atoms with van der Waals surface area (Å²) in [5.74, 6) is 1.84. The maximum Gasteiger partial charge on any atom is 0.206 e. The van der Waals surface area contributed by atoms with Crippen LogP contribution in [-0.4, -0.2) is 58.0 Å². The summed E-state index contributed by atoms with van der Waals surface area (Å²) >= 11 is 14.0. The lowest BCUT2D eigenvalue weighted by Gasteiger charge is -2.08. The zero-order valence-electron chi connectivity index (χ0n) is 59.9. The molecule has 0 radical (unpaired) electrons. The number of benzene rings is 11. The Labute approximate surface area is 718 Å². The molecule has 0 amide bonds. The molecule has 0 fully saturated rings. The number of carbonyl (C=O) groups excluding carboxylic acids is 1. The number of rotatable bonds is 15. The maximum absolute atomic E-state index is 12.3. The van der Waals surface area contributed by atoms with E-state index >= 15 is 0 Å². The highest BCUT2D eigenvalue weighted by molar-refractivity contribution is 8.02. The number of sulfone groups is 1. The van der Waals surface area contributed by atoms with E-state index in [0.717, 1.165) is 33.1 Å². The first-order valence-corrected chi connectivity index (χ1v) is 42.6. The summed E-state index contributed by atoms with van der Waals surface area (Å²) in [5, 5.41) is 0. The molecule has 0 saturated carbocycles. The van der Waals surface area contributed by atoms with Gasteiger partial charge in [0.25, 0.3) is 0 Å². The minimum absolute atomic E-state index is 0. The van der Waals surface area contributed by atoms with Gasteiger partial charge in [-0.05, 0) is 293 Å². The van der Waals surface area contributed by atoms with Gasteiger partial charge in [-0.2, -0.15) is 0 Å². The first kappa shape index (κ1) is 123. The third kappa shape index (κ3) is 43.1. The Bertz CT molecular complexity index is 4310. The van der Waals surface area contributed by atoms with Crippen molar-refractivity contribution in [2.45, 2.75) is 227 Å². The van der Waals surface area contributed by atoms with Gasteiger partial charge in [0.15, 0.2) is 5.78 Å². The fourth-order valence-corrected chi connectivity index (χ4v) is 15.2. The van der Waals surface area contributed by atoms with Crippen molar-refractivity contribution in [3.63, 3.8) is 0 Å². The first-order valence-electron chi connectivity index (χ1n) is 31.8. The van der Waals surface area contributed by atoms with Crippen LogP contribution in [0.5, 0.6) is 11.5 Å². The summed E-state index contributed by atoms with van der Waals surface area (Å²) in [5.41, 5.74) is 15.8. The van der Waals surface area contributed by atoms with Gasteiger partial charge in [-0.15, -0.1) is 82.3 Å². The van der Waals surface area contributed by atoms with Crippen LogP contribution >= 0.6 is 94.1 Å². The van der Waals surface area contributed by atoms with E-state index < -0.39 is 9.84 Å². The molecule has 0 spiro atoms. The van der Waals surface area contributed by atoms with Crippen molar-refractivity contribution in [1.29, 1.82) is 0 Å². The predicted molar refractivity (Wildman–Crippen MR) is 526 cm³/mol. The molecule has 13 heteroatoms. The Hall–Kier alpha value is -6.36. The van der Waals surface area contributed by atoms with E-state index in [1.54, 1.807) is 94.8 Å². The van der Waals surface area contributed by atoms with Gasteiger partial charge in [-0.3, -0.25) is 4.79 Å². The van der Waals surface area contributed by atoms with E-state index in [2.05, 4.69) is 203 Å². The Morgan fingerprint density at radius 1 is 0.252 bits per heavy atom. The standard InChI is InChI=1S/C15H14OS.C15H16S2.C14H14O2S2.C14H14OS.C10H14S.C9H12S.C8H10S.13CH4/c1-11-3-5-12(6-4-11)15(16)13-7-9-14(17-2)10-8-13;1-11-4-7-13(8-5-11)17-15-10-12(2)6-9-14(15)16-3;1-11-3-7-13(8-4-11)18(15,16)14-9-5-12(17-2)6-10-14;1-11-3-5-12(6-4-11)15-13-7-9-14(16-2)10-8-13;1-7-5-9(3)10(11-4)6-8(7)2;1-7-4-5-9(10-3)8(2)6-7;1-7-4-3-5-8(6-7)9-2;;;;;;;;;;;;;/h3-10H,1-2H3;4-10H,1-3H3;3-10H,1-2H3;3-10H,1-2H3;5-6H,1-4H3;4-6H,1-3H3;3-6H,1-2H3;13*1H4. The molecule has 11 aromatic rings. The van der Waals surface area contributed by atoms with Crippen molar-refractivity contribution in [2.24, 2.45) is 0 Å². The molecule has 0 bridgehead atoms. The SMILES string of the molecule is C.C.C.C.C.C.C.C.C.C.C.C.C.CSc1cc(C)c(C)cc1C.CSc1ccc(C(=O)c2ccc(C)cc2)cc1.CSc1ccc(C)cc1C.CSc1ccc(C)cc1Sc1ccc(C)cc1.CSc1ccc(Oc2ccc(C)cc2)cc1.CSc1ccc(S(=O)(=O)c2ccc(C)cc2)cc1.CSc1cccc(C)c1. The van der Waals surface area contributed by atoms with Gasteiger partial charge in [0.2, 0.25) is 9.84 Å². The third-order valence-corrected chi connectivity index (χ3v) is 23.5. The smallest absolute Gasteiger partial charge is 0.206 e. The molecule has 0 aliphatic rings. The summed E-state index contributed by atoms with van der Waals surface area (Å²) in [7, 11) is -3.39. The number of hydrogen-bond donors (Lipinski definition) is 0. The van der Waals surface area contributed by atoms with Gasteiger partial charge in [0.05, 0.1) is 9.79 Å². The zero-order chi connectivity index (χ0) is 71.7. The van der Waals surface area contributed by atoms with Gasteiger partial charge < -0.3 is 4.74 Å². The normalized spacial score (nSPS) is 9.17. The second-order valence-electron chi connectivity index (χ2n) is 23.0. The van der Waals surface area contributed by atoms with Crippen LogP contribution in [0, 0.1) is 76.2 Å². The number of ketones is 1. The zero-order valence-corrected chi connectivity index (χ0v) is 67.2. The second-order valence-corrected chi connectivity index (χ2v) is 32.1. The summed E-state index contributed by atoms with van der Waals surface area (Å²) in [6, 6.07) is 80.3. The molecule has 0 aromatic heterocycles. The first-order chi connectivity index (χ1) is 46.9. The lowest BCUT2D eigenvalue weighted by Crippen LogP contribution is -2.01. The number of aryl methyl sites for hydroxylation is 11. The minimum atomic E-state index is -3.39. The van der Waals surface area contributed by atoms with Crippen LogP contribution in [0.3, 0.4) is 0 Å². The van der Waals surface area contributed by atoms with Crippen molar-refractivity contribution < 1.29 is 17.9 Å². The van der Waals surface area contributed by atoms with Crippen LogP contribution in [0.4, 0.5) is 0 Å². The Balaban J connectivity index is -0.000000155. The molecule has 0 aliphatic heterocycles. The Morgan fingerprint density at radius 3 is 0.955 bits per heavy atom. The Morgan fingerprint density at radius 2 is 0.559 bits per heavy atom. The van der Waals surface area contributed by atoms with Crippen LogP contribution in [0.25, 0.3) is 0 Å². The van der Waals surface area contributed by atoms with Crippen LogP contribution in [0.2, 0.25) is 0 Å². The molecule has 0 N–H and O–H groups in total. The van der Waals surface area contributed by atoms with Crippen LogP contribution < -0.4 is 4.74 Å². The van der Waals surface area contributed by atoms with E-state index in [4.69, 9.17) is 4.74 Å². The van der Waals surface area contributed by atoms with Gasteiger partial charge in [0.1, 0.15) is 11.5 Å². The highest BCUT2D eigenvalue weighted by Crippen LogP contribution is 2.36. The highest BCUT2D eigenvalue weighted by Gasteiger charge is 2.17. The second kappa shape index (κ2) is 65.0. The molecular weight excluding hydrogens is 1530 g/mol. The van der Waals surface area contributed by atoms with Crippen LogP contribution in [0.15, 0.2) is 297 Å². The van der Waals surface area contributed by atoms with Crippen molar-refractivity contribution in [1.82, 2.24) is 0 Å². The fraction of sp³-hybridized carbons (Fsp3) is 0.316. The lowest BCUT2D eigenvalue weighted by molar-refractivity contribution is 0.103. The summed E-state index contributed by atoms with van der Waals surface area (Å²) in [6.45, 7) is 23.1. The topological polar surface area (TPSA) is 60.4 Å². The average Bonchev–Trinajstić information content (AvgIpc) is 0.804. The largest absolute Gasteiger partial charge is 0.457 e. The van der Waals surface area contributed by atoms with E-state index in [1.807, 2.05) is 159 Å². The number of carbonyl (C=O) groups is 1. The van der Waals surface area contributed by atoms with Crippen LogP contribution in [-0.2, 0) is 9.84 Å². The predicted octanol–water partition coefficient (Wildman–Crippen LogP) is 34.5. The highest BCUT2D eigenvalue weighted by atomic mass is 32.2. The molecule has 4 nitrogen and oxygen atoms in total. The van der Waals surface area contributed by atoms with Gasteiger partial charge in [0, 0.05) is 55.2 Å². The quantitative estimate of drug-likeness (QED) is 0.0726. The van der Waals surface area contributed by atoms with Crippen LogP contribution in [0.1, 0.15) is 174 Å². The lowest BCUT2D eigenvalue weighted by atomic mass is 10.0. The molecule has 0 saturated heterocycles. The van der Waals surface area contributed by atoms with Gasteiger partial charge >= 0.3 is 0 Å². The van der Waals surface area contributed by atoms with Crippen molar-refractivity contribution in [3.05, 3.63) is 315 Å². The van der Waals surface area contributed by atoms with E-state index in [0.29, 0.717) is 9.79 Å². The third-order valence-electron chi connectivity index (χ3n) is 15.0. The molecule has 11 aromatic carbocycles. The van der Waals surface area contributed by atoms with Gasteiger partial charge in [-0.25, -0.2) is 8.42 Å². The van der Waals surface area contributed by atoms with E-state index in [-0.39, 0.29) is 102 Å². The maximum atomic E-state index is 12.3. The van der Waals surface area contributed by atoms with Crippen molar-refractivity contribution >= 4 is 110 Å². The Kier molecular flexibility index (Phi) is 71.9. The molecule has 0 aliphatic carbocycles. The monoisotopic (exact) mass is 1670 g/mol. The fourth-order valence-electron chi connectivity index (χ4n) is 9.13. The molecule has 11 rings (SSSR count). The molecular formula is C98H146O4S9. The summed E-state index contributed by atoms with van der Waals surface area (Å²) in [6.07, 6.45) is 14.5. The molecule has 0 unspecified atom stereocenters. The number of thioether (sulfide) groups is 7. The van der Waals surface area contributed by atoms with Crippen molar-refractivity contribution in [2.75, 3.05) is 43.8 Å². The molecule has 0 atom stereocenters.